The summed E-state index contributed by atoms with van der Waals surface area (Å²) in [7, 11) is 0. The van der Waals surface area contributed by atoms with Crippen LogP contribution in [0.5, 0.6) is 5.75 Å². The highest BCUT2D eigenvalue weighted by Crippen LogP contribution is 2.32. The third-order valence-electron chi connectivity index (χ3n) is 5.33. The normalized spacial score (nSPS) is 11.2. The van der Waals surface area contributed by atoms with Crippen molar-refractivity contribution < 1.29 is 26.7 Å². The maximum atomic E-state index is 14.3. The largest absolute Gasteiger partial charge is 0.487 e. The first-order valence-electron chi connectivity index (χ1n) is 9.80. The Morgan fingerprint density at radius 1 is 0.812 bits per heavy atom. The molecule has 0 amide bonds. The van der Waals surface area contributed by atoms with Gasteiger partial charge in [-0.25, -0.2) is 22.4 Å². The van der Waals surface area contributed by atoms with Gasteiger partial charge in [0.1, 0.15) is 41.2 Å². The quantitative estimate of drug-likeness (QED) is 0.276. The van der Waals surface area contributed by atoms with Crippen LogP contribution in [0, 0.1) is 37.1 Å². The number of hydrogen-bond acceptors (Lipinski definition) is 3. The van der Waals surface area contributed by atoms with Gasteiger partial charge in [-0.2, -0.15) is 0 Å². The van der Waals surface area contributed by atoms with Crippen molar-refractivity contribution >= 4 is 11.0 Å². The third-order valence-corrected chi connectivity index (χ3v) is 5.33. The summed E-state index contributed by atoms with van der Waals surface area (Å²) in [4.78, 5) is 12.8. The van der Waals surface area contributed by atoms with Crippen LogP contribution in [0.1, 0.15) is 27.8 Å². The zero-order valence-electron chi connectivity index (χ0n) is 17.3. The Balaban J connectivity index is 1.85. The van der Waals surface area contributed by atoms with Gasteiger partial charge in [-0.1, -0.05) is 6.07 Å². The molecule has 164 valence electrons. The predicted molar refractivity (Wildman–Crippen MR) is 112 cm³/mol. The second kappa shape index (κ2) is 8.49. The van der Waals surface area contributed by atoms with Gasteiger partial charge in [-0.15, -0.1) is 0 Å². The van der Waals surface area contributed by atoms with E-state index >= 15 is 0 Å². The van der Waals surface area contributed by atoms with E-state index in [1.807, 2.05) is 13.8 Å². The van der Waals surface area contributed by atoms with Crippen LogP contribution >= 0.6 is 0 Å². The van der Waals surface area contributed by atoms with E-state index in [0.29, 0.717) is 5.39 Å². The summed E-state index contributed by atoms with van der Waals surface area (Å²) in [6.45, 7) is 3.42. The Kier molecular flexibility index (Phi) is 5.74. The van der Waals surface area contributed by atoms with Crippen LogP contribution in [0.3, 0.4) is 0 Å². The lowest BCUT2D eigenvalue weighted by atomic mass is 10.0. The van der Waals surface area contributed by atoms with Crippen molar-refractivity contribution in [1.82, 2.24) is 0 Å². The highest BCUT2D eigenvalue weighted by Gasteiger charge is 2.20. The predicted octanol–water partition coefficient (Wildman–Crippen LogP) is 6.14. The van der Waals surface area contributed by atoms with E-state index < -0.39 is 28.9 Å². The van der Waals surface area contributed by atoms with E-state index in [4.69, 9.17) is 9.15 Å². The van der Waals surface area contributed by atoms with Crippen LogP contribution in [-0.2, 0) is 13.0 Å². The zero-order chi connectivity index (χ0) is 23.0. The van der Waals surface area contributed by atoms with Gasteiger partial charge in [0, 0.05) is 24.1 Å². The highest BCUT2D eigenvalue weighted by atomic mass is 19.1. The van der Waals surface area contributed by atoms with Crippen molar-refractivity contribution in [2.45, 2.75) is 26.9 Å². The van der Waals surface area contributed by atoms with Crippen LogP contribution in [0.25, 0.3) is 11.0 Å². The molecule has 0 fully saturated rings. The lowest BCUT2D eigenvalue weighted by molar-refractivity contribution is 0.297. The average molecular weight is 442 g/mol. The number of rotatable bonds is 5. The lowest BCUT2D eigenvalue weighted by Crippen LogP contribution is -2.13. The molecule has 4 rings (SSSR count). The first-order chi connectivity index (χ1) is 15.2. The van der Waals surface area contributed by atoms with E-state index in [9.17, 15) is 22.4 Å². The molecule has 1 heterocycles. The molecule has 4 aromatic rings. The minimum Gasteiger partial charge on any atom is -0.487 e. The van der Waals surface area contributed by atoms with Crippen molar-refractivity contribution in [2.75, 3.05) is 0 Å². The summed E-state index contributed by atoms with van der Waals surface area (Å²) in [5.74, 6) is -2.98. The highest BCUT2D eigenvalue weighted by molar-refractivity contribution is 5.86. The maximum absolute atomic E-state index is 14.3. The fraction of sp³-hybridized carbons (Fsp3) is 0.160. The molecular weight excluding hydrogens is 424 g/mol. The van der Waals surface area contributed by atoms with Crippen LogP contribution in [-0.4, -0.2) is 0 Å². The fourth-order valence-corrected chi connectivity index (χ4v) is 3.43. The Morgan fingerprint density at radius 3 is 2.03 bits per heavy atom. The Labute approximate surface area is 180 Å². The monoisotopic (exact) mass is 442 g/mol. The van der Waals surface area contributed by atoms with Crippen molar-refractivity contribution in [3.8, 4) is 5.75 Å². The molecule has 3 aromatic carbocycles. The SMILES string of the molecule is Cc1cc2oc(=O)c(Cc3ccc(F)cc3F)c(OCc3ccc(F)cc3F)c2cc1C. The third kappa shape index (κ3) is 4.23. The fourth-order valence-electron chi connectivity index (χ4n) is 3.43. The van der Waals surface area contributed by atoms with Gasteiger partial charge >= 0.3 is 5.63 Å². The molecule has 0 saturated heterocycles. The van der Waals surface area contributed by atoms with Gasteiger partial charge in [0.25, 0.3) is 0 Å². The van der Waals surface area contributed by atoms with E-state index in [-0.39, 0.29) is 41.1 Å². The van der Waals surface area contributed by atoms with Gasteiger partial charge in [-0.3, -0.25) is 0 Å². The average Bonchev–Trinajstić information content (AvgIpc) is 2.72. The molecule has 0 aliphatic rings. The number of halogens is 4. The second-order valence-corrected chi connectivity index (χ2v) is 7.57. The second-order valence-electron chi connectivity index (χ2n) is 7.57. The first kappa shape index (κ1) is 21.6. The van der Waals surface area contributed by atoms with E-state index in [1.54, 1.807) is 12.1 Å². The van der Waals surface area contributed by atoms with E-state index in [2.05, 4.69) is 0 Å². The standard InChI is InChI=1S/C25H18F4O3/c1-13-7-19-23(8-14(13)2)32-25(30)20(9-15-3-5-17(26)10-21(15)28)24(19)31-12-16-4-6-18(27)11-22(16)29/h3-8,10-11H,9,12H2,1-2H3. The van der Waals surface area contributed by atoms with Gasteiger partial charge in [0.15, 0.2) is 0 Å². The summed E-state index contributed by atoms with van der Waals surface area (Å²) in [5, 5.41) is 0.452. The maximum Gasteiger partial charge on any atom is 0.343 e. The summed E-state index contributed by atoms with van der Waals surface area (Å²) in [5.41, 5.74) is 1.44. The molecule has 0 aliphatic carbocycles. The van der Waals surface area contributed by atoms with Crippen molar-refractivity contribution in [1.29, 1.82) is 0 Å². The molecule has 0 N–H and O–H groups in total. The number of benzene rings is 3. The van der Waals surface area contributed by atoms with Gasteiger partial charge in [-0.05, 0) is 60.9 Å². The summed E-state index contributed by atoms with van der Waals surface area (Å²) < 4.78 is 66.2. The summed E-state index contributed by atoms with van der Waals surface area (Å²) in [6.07, 6.45) is -0.224. The van der Waals surface area contributed by atoms with E-state index in [0.717, 1.165) is 35.4 Å². The van der Waals surface area contributed by atoms with Gasteiger partial charge in [0.2, 0.25) is 0 Å². The van der Waals surface area contributed by atoms with Crippen molar-refractivity contribution in [3.63, 3.8) is 0 Å². The van der Waals surface area contributed by atoms with Crippen LogP contribution in [0.2, 0.25) is 0 Å². The number of ether oxygens (including phenoxy) is 1. The van der Waals surface area contributed by atoms with Gasteiger partial charge in [0.05, 0.1) is 10.9 Å². The number of hydrogen-bond donors (Lipinski definition) is 0. The summed E-state index contributed by atoms with van der Waals surface area (Å²) in [6, 6.07) is 9.56. The molecule has 0 radical (unpaired) electrons. The molecule has 1 aromatic heterocycles. The molecule has 7 heteroatoms. The molecule has 0 bridgehead atoms. The first-order valence-corrected chi connectivity index (χ1v) is 9.80. The number of aryl methyl sites for hydroxylation is 2. The molecular formula is C25H18F4O3. The molecule has 0 unspecified atom stereocenters. The van der Waals surface area contributed by atoms with Crippen LogP contribution in [0.15, 0.2) is 57.7 Å². The van der Waals surface area contributed by atoms with Crippen LogP contribution < -0.4 is 10.4 Å². The molecule has 32 heavy (non-hydrogen) atoms. The molecule has 3 nitrogen and oxygen atoms in total. The Morgan fingerprint density at radius 2 is 1.41 bits per heavy atom. The van der Waals surface area contributed by atoms with Gasteiger partial charge < -0.3 is 9.15 Å². The topological polar surface area (TPSA) is 39.4 Å². The number of fused-ring (bicyclic) bond motifs is 1. The minimum atomic E-state index is -0.819. The molecule has 0 atom stereocenters. The van der Waals surface area contributed by atoms with E-state index in [1.165, 1.54) is 12.1 Å². The smallest absolute Gasteiger partial charge is 0.343 e. The van der Waals surface area contributed by atoms with Crippen molar-refractivity contribution in [3.05, 3.63) is 110 Å². The zero-order valence-corrected chi connectivity index (χ0v) is 17.3. The van der Waals surface area contributed by atoms with Crippen molar-refractivity contribution in [2.24, 2.45) is 0 Å². The molecule has 0 aliphatic heterocycles. The minimum absolute atomic E-state index is 0.00813. The molecule has 0 spiro atoms. The van der Waals surface area contributed by atoms with Crippen LogP contribution in [0.4, 0.5) is 17.6 Å². The lowest BCUT2D eigenvalue weighted by Gasteiger charge is -2.15. The molecule has 0 saturated carbocycles. The summed E-state index contributed by atoms with van der Waals surface area (Å²) >= 11 is 0. The Bertz CT molecular complexity index is 1390. The Hall–Kier alpha value is -3.61.